The van der Waals surface area contributed by atoms with Gasteiger partial charge in [-0.1, -0.05) is 103 Å². The van der Waals surface area contributed by atoms with Crippen LogP contribution in [0.3, 0.4) is 0 Å². The summed E-state index contributed by atoms with van der Waals surface area (Å²) in [4.78, 5) is 29.5. The van der Waals surface area contributed by atoms with Gasteiger partial charge in [-0.3, -0.25) is 9.59 Å². The summed E-state index contributed by atoms with van der Waals surface area (Å²) in [5.41, 5.74) is 3.09. The zero-order valence-corrected chi connectivity index (χ0v) is 24.4. The van der Waals surface area contributed by atoms with Crippen LogP contribution in [0.25, 0.3) is 10.8 Å². The molecule has 6 heteroatoms. The Bertz CT molecular complexity index is 1470. The zero-order chi connectivity index (χ0) is 27.9. The number of amides is 2. The second-order valence-electron chi connectivity index (χ2n) is 10.6. The standard InChI is InChI=1S/C34H35BrN2O3/c1-24-10-9-13-26(20-24)22-37(32(38)23-40-31-19-18-27-14-5-8-17-29(27)33(31)35)30(21-25-11-3-2-4-12-25)34(39)36-28-15-6-7-16-28/h2-5,8-14,17-20,28,30H,6-7,15-16,21-23H2,1H3,(H,36,39)/t30-/m1/s1. The molecule has 1 atom stereocenters. The van der Waals surface area contributed by atoms with E-state index in [2.05, 4.69) is 27.3 Å². The lowest BCUT2D eigenvalue weighted by Gasteiger charge is -2.32. The first-order valence-electron chi connectivity index (χ1n) is 14.0. The third kappa shape index (κ3) is 6.92. The molecule has 0 heterocycles. The first kappa shape index (κ1) is 27.9. The lowest BCUT2D eigenvalue weighted by Crippen LogP contribution is -2.53. The lowest BCUT2D eigenvalue weighted by atomic mass is 10.0. The van der Waals surface area contributed by atoms with Gasteiger partial charge in [0, 0.05) is 19.0 Å². The molecule has 5 rings (SSSR count). The van der Waals surface area contributed by atoms with Gasteiger partial charge in [0.05, 0.1) is 4.47 Å². The van der Waals surface area contributed by atoms with E-state index in [0.29, 0.717) is 18.7 Å². The number of ether oxygens (including phenoxy) is 1. The van der Waals surface area contributed by atoms with E-state index in [9.17, 15) is 9.59 Å². The number of carbonyl (C=O) groups is 2. The van der Waals surface area contributed by atoms with Crippen LogP contribution in [0.4, 0.5) is 0 Å². The maximum atomic E-state index is 14.0. The highest BCUT2D eigenvalue weighted by molar-refractivity contribution is 9.10. The minimum absolute atomic E-state index is 0.108. The second-order valence-corrected chi connectivity index (χ2v) is 11.4. The number of rotatable bonds is 10. The number of nitrogens with zero attached hydrogens (tertiary/aromatic N) is 1. The molecule has 5 nitrogen and oxygen atoms in total. The molecule has 0 bridgehead atoms. The van der Waals surface area contributed by atoms with E-state index < -0.39 is 6.04 Å². The first-order valence-corrected chi connectivity index (χ1v) is 14.8. The fourth-order valence-electron chi connectivity index (χ4n) is 5.48. The summed E-state index contributed by atoms with van der Waals surface area (Å²) >= 11 is 3.66. The molecule has 0 unspecified atom stereocenters. The summed E-state index contributed by atoms with van der Waals surface area (Å²) in [7, 11) is 0. The topological polar surface area (TPSA) is 58.6 Å². The van der Waals surface area contributed by atoms with Crippen molar-refractivity contribution in [1.29, 1.82) is 0 Å². The van der Waals surface area contributed by atoms with E-state index in [1.165, 1.54) is 0 Å². The number of fused-ring (bicyclic) bond motifs is 1. The van der Waals surface area contributed by atoms with Gasteiger partial charge in [0.2, 0.25) is 5.91 Å². The van der Waals surface area contributed by atoms with Gasteiger partial charge in [-0.15, -0.1) is 0 Å². The quantitative estimate of drug-likeness (QED) is 0.214. The summed E-state index contributed by atoms with van der Waals surface area (Å²) in [6, 6.07) is 29.4. The third-order valence-corrected chi connectivity index (χ3v) is 8.41. The predicted octanol–water partition coefficient (Wildman–Crippen LogP) is 6.99. The molecule has 1 aliphatic carbocycles. The Kier molecular flexibility index (Phi) is 9.17. The van der Waals surface area contributed by atoms with Crippen LogP contribution in [-0.2, 0) is 22.6 Å². The summed E-state index contributed by atoms with van der Waals surface area (Å²) in [5.74, 6) is 0.255. The maximum Gasteiger partial charge on any atom is 0.261 e. The van der Waals surface area contributed by atoms with E-state index in [0.717, 1.165) is 57.6 Å². The molecule has 1 saturated carbocycles. The Hall–Kier alpha value is -3.64. The van der Waals surface area contributed by atoms with Crippen molar-refractivity contribution in [2.24, 2.45) is 0 Å². The average molecular weight is 600 g/mol. The second kappa shape index (κ2) is 13.1. The monoisotopic (exact) mass is 598 g/mol. The highest BCUT2D eigenvalue weighted by Crippen LogP contribution is 2.33. The van der Waals surface area contributed by atoms with Crippen LogP contribution in [-0.4, -0.2) is 35.4 Å². The van der Waals surface area contributed by atoms with Crippen molar-refractivity contribution in [2.75, 3.05) is 6.61 Å². The van der Waals surface area contributed by atoms with Gasteiger partial charge in [0.25, 0.3) is 5.91 Å². The third-order valence-electron chi connectivity index (χ3n) is 7.59. The van der Waals surface area contributed by atoms with Crippen molar-refractivity contribution in [3.63, 3.8) is 0 Å². The Balaban J connectivity index is 1.43. The van der Waals surface area contributed by atoms with Gasteiger partial charge in [-0.05, 0) is 63.7 Å². The van der Waals surface area contributed by atoms with Gasteiger partial charge in [-0.2, -0.15) is 0 Å². The highest BCUT2D eigenvalue weighted by atomic mass is 79.9. The van der Waals surface area contributed by atoms with Gasteiger partial charge in [0.15, 0.2) is 6.61 Å². The molecular weight excluding hydrogens is 564 g/mol. The fourth-order valence-corrected chi connectivity index (χ4v) is 6.08. The van der Waals surface area contributed by atoms with Crippen LogP contribution in [0.2, 0.25) is 0 Å². The SMILES string of the molecule is Cc1cccc(CN(C(=O)COc2ccc3ccccc3c2Br)[C@H](Cc2ccccc2)C(=O)NC2CCCC2)c1. The van der Waals surface area contributed by atoms with Crippen molar-refractivity contribution >= 4 is 38.5 Å². The van der Waals surface area contributed by atoms with Crippen LogP contribution in [0.15, 0.2) is 95.5 Å². The van der Waals surface area contributed by atoms with Crippen LogP contribution in [0.5, 0.6) is 5.75 Å². The number of hydrogen-bond acceptors (Lipinski definition) is 3. The zero-order valence-electron chi connectivity index (χ0n) is 22.8. The van der Waals surface area contributed by atoms with E-state index in [1.807, 2.05) is 91.9 Å². The molecule has 1 aliphatic rings. The number of benzene rings is 4. The van der Waals surface area contributed by atoms with Gasteiger partial charge in [0.1, 0.15) is 11.8 Å². The number of hydrogen-bond donors (Lipinski definition) is 1. The molecule has 4 aromatic rings. The predicted molar refractivity (Wildman–Crippen MR) is 163 cm³/mol. The number of aryl methyl sites for hydroxylation is 1. The highest BCUT2D eigenvalue weighted by Gasteiger charge is 2.32. The van der Waals surface area contributed by atoms with Crippen molar-refractivity contribution in [2.45, 2.75) is 57.7 Å². The van der Waals surface area contributed by atoms with Gasteiger partial charge >= 0.3 is 0 Å². The number of nitrogens with one attached hydrogen (secondary N) is 1. The molecule has 0 aliphatic heterocycles. The Labute approximate surface area is 244 Å². The van der Waals surface area contributed by atoms with Crippen molar-refractivity contribution in [1.82, 2.24) is 10.2 Å². The smallest absolute Gasteiger partial charge is 0.261 e. The Morgan fingerprint density at radius 3 is 2.42 bits per heavy atom. The largest absolute Gasteiger partial charge is 0.483 e. The van der Waals surface area contributed by atoms with Crippen LogP contribution >= 0.6 is 15.9 Å². The molecule has 2 amide bonds. The summed E-state index contributed by atoms with van der Waals surface area (Å²) in [6.45, 7) is 2.17. The van der Waals surface area contributed by atoms with Crippen LogP contribution < -0.4 is 10.1 Å². The van der Waals surface area contributed by atoms with Gasteiger partial charge < -0.3 is 15.0 Å². The van der Waals surface area contributed by atoms with E-state index >= 15 is 0 Å². The molecule has 0 saturated heterocycles. The minimum Gasteiger partial charge on any atom is -0.483 e. The molecular formula is C34H35BrN2O3. The number of halogens is 1. The molecule has 206 valence electrons. The maximum absolute atomic E-state index is 14.0. The molecule has 40 heavy (non-hydrogen) atoms. The average Bonchev–Trinajstić information content (AvgIpc) is 3.48. The number of carbonyl (C=O) groups excluding carboxylic acids is 2. The van der Waals surface area contributed by atoms with Crippen molar-refractivity contribution in [3.05, 3.63) is 112 Å². The molecule has 4 aromatic carbocycles. The van der Waals surface area contributed by atoms with Crippen LogP contribution in [0.1, 0.15) is 42.4 Å². The summed E-state index contributed by atoms with van der Waals surface area (Å²) < 4.78 is 6.90. The summed E-state index contributed by atoms with van der Waals surface area (Å²) in [5, 5.41) is 5.35. The van der Waals surface area contributed by atoms with Crippen LogP contribution in [0, 0.1) is 6.92 Å². The van der Waals surface area contributed by atoms with Crippen molar-refractivity contribution < 1.29 is 14.3 Å². The first-order chi connectivity index (χ1) is 19.5. The Morgan fingerprint density at radius 2 is 1.65 bits per heavy atom. The normalized spacial score (nSPS) is 14.2. The van der Waals surface area contributed by atoms with E-state index in [4.69, 9.17) is 4.74 Å². The minimum atomic E-state index is -0.667. The molecule has 0 aromatic heterocycles. The molecule has 0 radical (unpaired) electrons. The van der Waals surface area contributed by atoms with Crippen molar-refractivity contribution in [3.8, 4) is 5.75 Å². The lowest BCUT2D eigenvalue weighted by molar-refractivity contribution is -0.143. The van der Waals surface area contributed by atoms with E-state index in [-0.39, 0.29) is 24.5 Å². The van der Waals surface area contributed by atoms with E-state index in [1.54, 1.807) is 4.90 Å². The Morgan fingerprint density at radius 1 is 0.925 bits per heavy atom. The molecule has 1 N–H and O–H groups in total. The fraction of sp³-hybridized carbons (Fsp3) is 0.294. The molecule has 0 spiro atoms. The summed E-state index contributed by atoms with van der Waals surface area (Å²) in [6.07, 6.45) is 4.63. The molecule has 1 fully saturated rings. The van der Waals surface area contributed by atoms with Gasteiger partial charge in [-0.25, -0.2) is 0 Å².